The third kappa shape index (κ3) is 4.96. The average Bonchev–Trinajstić information content (AvgIpc) is 2.86. The minimum Gasteiger partial charge on any atom is -0.338 e. The summed E-state index contributed by atoms with van der Waals surface area (Å²) in [5.41, 5.74) is 5.98. The van der Waals surface area contributed by atoms with Crippen LogP contribution in [0.4, 0.5) is 0 Å². The summed E-state index contributed by atoms with van der Waals surface area (Å²) < 4.78 is 5.21. The number of hydrogen-bond donors (Lipinski definition) is 1. The third-order valence-electron chi connectivity index (χ3n) is 2.98. The van der Waals surface area contributed by atoms with Gasteiger partial charge in [-0.3, -0.25) is 0 Å². The standard InChI is InChI=1S/C12H24N4OS/c1-4-16(5-2)8-6-11-14-12(17-15-11)10(13)7-9-18-3/h10H,4-9,13H2,1-3H3. The van der Waals surface area contributed by atoms with Crippen LogP contribution in [0.15, 0.2) is 4.52 Å². The van der Waals surface area contributed by atoms with Crippen molar-refractivity contribution in [3.05, 3.63) is 11.7 Å². The van der Waals surface area contributed by atoms with E-state index in [0.29, 0.717) is 5.89 Å². The maximum atomic E-state index is 5.98. The van der Waals surface area contributed by atoms with Gasteiger partial charge in [-0.15, -0.1) is 0 Å². The van der Waals surface area contributed by atoms with Crippen LogP contribution in [0.3, 0.4) is 0 Å². The van der Waals surface area contributed by atoms with Crippen LogP contribution in [-0.2, 0) is 6.42 Å². The Morgan fingerprint density at radius 3 is 2.72 bits per heavy atom. The molecule has 0 saturated carbocycles. The molecule has 0 radical (unpaired) electrons. The summed E-state index contributed by atoms with van der Waals surface area (Å²) >= 11 is 1.78. The van der Waals surface area contributed by atoms with Gasteiger partial charge in [0.25, 0.3) is 0 Å². The predicted octanol–water partition coefficient (Wildman–Crippen LogP) is 1.71. The van der Waals surface area contributed by atoms with E-state index >= 15 is 0 Å². The molecule has 1 unspecified atom stereocenters. The van der Waals surface area contributed by atoms with Gasteiger partial charge >= 0.3 is 0 Å². The van der Waals surface area contributed by atoms with Crippen LogP contribution in [0.25, 0.3) is 0 Å². The second-order valence-electron chi connectivity index (χ2n) is 4.21. The van der Waals surface area contributed by atoms with Crippen molar-refractivity contribution in [3.63, 3.8) is 0 Å². The fourth-order valence-electron chi connectivity index (χ4n) is 1.69. The number of aromatic nitrogens is 2. The molecule has 104 valence electrons. The molecule has 1 aromatic heterocycles. The van der Waals surface area contributed by atoms with E-state index in [-0.39, 0.29) is 6.04 Å². The summed E-state index contributed by atoms with van der Waals surface area (Å²) in [6.45, 7) is 7.38. The zero-order chi connectivity index (χ0) is 13.4. The van der Waals surface area contributed by atoms with Crippen molar-refractivity contribution in [1.29, 1.82) is 0 Å². The van der Waals surface area contributed by atoms with E-state index in [2.05, 4.69) is 35.1 Å². The molecule has 0 fully saturated rings. The summed E-state index contributed by atoms with van der Waals surface area (Å²) in [7, 11) is 0. The molecule has 0 amide bonds. The largest absolute Gasteiger partial charge is 0.338 e. The number of thioether (sulfide) groups is 1. The summed E-state index contributed by atoms with van der Waals surface area (Å²) in [5.74, 6) is 2.34. The fourth-order valence-corrected chi connectivity index (χ4v) is 2.18. The van der Waals surface area contributed by atoms with Crippen LogP contribution in [0.5, 0.6) is 0 Å². The molecule has 0 saturated heterocycles. The molecule has 1 heterocycles. The first-order valence-corrected chi connectivity index (χ1v) is 7.89. The molecule has 1 atom stereocenters. The first-order chi connectivity index (χ1) is 8.71. The van der Waals surface area contributed by atoms with Crippen LogP contribution in [0, 0.1) is 0 Å². The second-order valence-corrected chi connectivity index (χ2v) is 5.20. The normalized spacial score (nSPS) is 13.2. The average molecular weight is 272 g/mol. The maximum Gasteiger partial charge on any atom is 0.243 e. The molecule has 0 bridgehead atoms. The fraction of sp³-hybridized carbons (Fsp3) is 0.833. The highest BCUT2D eigenvalue weighted by atomic mass is 32.2. The molecule has 0 aliphatic heterocycles. The van der Waals surface area contributed by atoms with Crippen LogP contribution in [0.1, 0.15) is 38.0 Å². The minimum atomic E-state index is -0.132. The SMILES string of the molecule is CCN(CC)CCc1noc(C(N)CCSC)n1. The number of hydrogen-bond acceptors (Lipinski definition) is 6. The highest BCUT2D eigenvalue weighted by Gasteiger charge is 2.14. The minimum absolute atomic E-state index is 0.132. The summed E-state index contributed by atoms with van der Waals surface area (Å²) in [6.07, 6.45) is 3.76. The van der Waals surface area contributed by atoms with Gasteiger partial charge in [-0.2, -0.15) is 16.7 Å². The van der Waals surface area contributed by atoms with Crippen LogP contribution in [0.2, 0.25) is 0 Å². The van der Waals surface area contributed by atoms with Gasteiger partial charge in [0.2, 0.25) is 5.89 Å². The first-order valence-electron chi connectivity index (χ1n) is 6.50. The molecule has 0 aromatic carbocycles. The highest BCUT2D eigenvalue weighted by molar-refractivity contribution is 7.98. The van der Waals surface area contributed by atoms with Gasteiger partial charge in [0.15, 0.2) is 5.82 Å². The van der Waals surface area contributed by atoms with Crippen LogP contribution >= 0.6 is 11.8 Å². The van der Waals surface area contributed by atoms with E-state index in [1.165, 1.54) is 0 Å². The van der Waals surface area contributed by atoms with Crippen molar-refractivity contribution in [1.82, 2.24) is 15.0 Å². The van der Waals surface area contributed by atoms with Crippen molar-refractivity contribution >= 4 is 11.8 Å². The van der Waals surface area contributed by atoms with Crippen LogP contribution in [-0.4, -0.2) is 46.7 Å². The lowest BCUT2D eigenvalue weighted by Crippen LogP contribution is -2.25. The Balaban J connectivity index is 2.42. The number of nitrogens with zero attached hydrogens (tertiary/aromatic N) is 3. The molecule has 0 spiro atoms. The van der Waals surface area contributed by atoms with Gasteiger partial charge in [0.1, 0.15) is 0 Å². The summed E-state index contributed by atoms with van der Waals surface area (Å²) in [5, 5.41) is 3.99. The second kappa shape index (κ2) is 8.50. The third-order valence-corrected chi connectivity index (χ3v) is 3.62. The van der Waals surface area contributed by atoms with Crippen molar-refractivity contribution in [3.8, 4) is 0 Å². The van der Waals surface area contributed by atoms with Gasteiger partial charge in [-0.25, -0.2) is 0 Å². The quantitative estimate of drug-likeness (QED) is 0.738. The van der Waals surface area contributed by atoms with Gasteiger partial charge < -0.3 is 15.2 Å². The van der Waals surface area contributed by atoms with Crippen molar-refractivity contribution in [2.24, 2.45) is 5.73 Å². The lowest BCUT2D eigenvalue weighted by Gasteiger charge is -2.16. The maximum absolute atomic E-state index is 5.98. The van der Waals surface area contributed by atoms with Gasteiger partial charge in [-0.05, 0) is 31.5 Å². The van der Waals surface area contributed by atoms with Gasteiger partial charge in [0.05, 0.1) is 6.04 Å². The predicted molar refractivity (Wildman–Crippen MR) is 75.7 cm³/mol. The molecular weight excluding hydrogens is 248 g/mol. The van der Waals surface area contributed by atoms with E-state index in [1.54, 1.807) is 11.8 Å². The Labute approximate surface area is 113 Å². The van der Waals surface area contributed by atoms with E-state index in [0.717, 1.165) is 44.1 Å². The first kappa shape index (κ1) is 15.5. The molecule has 18 heavy (non-hydrogen) atoms. The molecule has 2 N–H and O–H groups in total. The lowest BCUT2D eigenvalue weighted by molar-refractivity contribution is 0.302. The van der Waals surface area contributed by atoms with E-state index in [1.807, 2.05) is 0 Å². The highest BCUT2D eigenvalue weighted by Crippen LogP contribution is 2.14. The Bertz CT molecular complexity index is 328. The Morgan fingerprint density at radius 1 is 1.39 bits per heavy atom. The Morgan fingerprint density at radius 2 is 2.11 bits per heavy atom. The summed E-state index contributed by atoms with van der Waals surface area (Å²) in [6, 6.07) is -0.132. The lowest BCUT2D eigenvalue weighted by atomic mass is 10.2. The Kier molecular flexibility index (Phi) is 7.31. The molecule has 1 rings (SSSR count). The molecule has 6 heteroatoms. The van der Waals surface area contributed by atoms with Crippen molar-refractivity contribution < 1.29 is 4.52 Å². The monoisotopic (exact) mass is 272 g/mol. The number of rotatable bonds is 9. The molecule has 0 aliphatic carbocycles. The van der Waals surface area contributed by atoms with E-state index < -0.39 is 0 Å². The summed E-state index contributed by atoms with van der Waals surface area (Å²) in [4.78, 5) is 6.70. The number of likely N-dealkylation sites (N-methyl/N-ethyl adjacent to an activating group) is 1. The smallest absolute Gasteiger partial charge is 0.243 e. The number of nitrogens with two attached hydrogens (primary N) is 1. The van der Waals surface area contributed by atoms with Crippen LogP contribution < -0.4 is 5.73 Å². The van der Waals surface area contributed by atoms with Crippen molar-refractivity contribution in [2.45, 2.75) is 32.7 Å². The molecule has 5 nitrogen and oxygen atoms in total. The van der Waals surface area contributed by atoms with E-state index in [9.17, 15) is 0 Å². The Hall–Kier alpha value is -0.590. The van der Waals surface area contributed by atoms with Gasteiger partial charge in [-0.1, -0.05) is 19.0 Å². The molecular formula is C12H24N4OS. The zero-order valence-corrected chi connectivity index (χ0v) is 12.4. The van der Waals surface area contributed by atoms with Gasteiger partial charge in [0, 0.05) is 13.0 Å². The van der Waals surface area contributed by atoms with Crippen molar-refractivity contribution in [2.75, 3.05) is 31.6 Å². The molecule has 0 aliphatic rings. The molecule has 1 aromatic rings. The topological polar surface area (TPSA) is 68.2 Å². The zero-order valence-electron chi connectivity index (χ0n) is 11.6. The van der Waals surface area contributed by atoms with E-state index in [4.69, 9.17) is 10.3 Å².